The van der Waals surface area contributed by atoms with Crippen LogP contribution in [0.2, 0.25) is 0 Å². The molecule has 1 aromatic carbocycles. The fraction of sp³-hybridized carbons (Fsp3) is 0.118. The lowest BCUT2D eigenvalue weighted by Gasteiger charge is -1.98. The Morgan fingerprint density at radius 1 is 1.29 bits per heavy atom. The summed E-state index contributed by atoms with van der Waals surface area (Å²) in [6, 6.07) is 7.97. The van der Waals surface area contributed by atoms with Crippen LogP contribution in [0.15, 0.2) is 34.0 Å². The first-order valence-corrected chi connectivity index (χ1v) is 9.10. The van der Waals surface area contributed by atoms with Crippen LogP contribution in [-0.4, -0.2) is 22.2 Å². The number of aromatic nitrogens is 2. The third-order valence-corrected chi connectivity index (χ3v) is 5.46. The number of carbonyl (C=O) groups excluding carboxylic acids is 1. The fourth-order valence-electron chi connectivity index (χ4n) is 2.32. The highest BCUT2D eigenvalue weighted by atomic mass is 32.2. The van der Waals surface area contributed by atoms with Crippen molar-refractivity contribution in [2.75, 3.05) is 6.26 Å². The van der Waals surface area contributed by atoms with Gasteiger partial charge in [0.05, 0.1) is 16.2 Å². The lowest BCUT2D eigenvalue weighted by atomic mass is 10.2. The van der Waals surface area contributed by atoms with Gasteiger partial charge in [-0.3, -0.25) is 4.79 Å². The van der Waals surface area contributed by atoms with Gasteiger partial charge in [0.15, 0.2) is 0 Å². The standard InChI is InChI=1S/C17H14N2O3S2/c1-9-13-15(20)18-12(19-16(13)24-14(9)17(21)22)8-5-10-3-6-11(23-2)7-4-10/h3-8H,1-2H3,(H,21,22)(H,18,19,20)/p-1/b8-5+. The van der Waals surface area contributed by atoms with Crippen molar-refractivity contribution in [3.8, 4) is 0 Å². The number of carbonyl (C=O) groups is 1. The molecule has 0 unspecified atom stereocenters. The zero-order valence-electron chi connectivity index (χ0n) is 13.0. The lowest BCUT2D eigenvalue weighted by molar-refractivity contribution is -0.254. The van der Waals surface area contributed by atoms with E-state index in [0.29, 0.717) is 21.6 Å². The van der Waals surface area contributed by atoms with Crippen LogP contribution in [0.25, 0.3) is 22.4 Å². The number of rotatable bonds is 4. The quantitative estimate of drug-likeness (QED) is 0.725. The number of nitrogens with one attached hydrogen (secondary N) is 1. The van der Waals surface area contributed by atoms with Gasteiger partial charge in [0.1, 0.15) is 10.7 Å². The molecule has 3 rings (SSSR count). The Labute approximate surface area is 146 Å². The minimum absolute atomic E-state index is 0.0387. The zero-order valence-corrected chi connectivity index (χ0v) is 14.6. The molecule has 0 aliphatic carbocycles. The highest BCUT2D eigenvalue weighted by Crippen LogP contribution is 2.26. The number of nitrogens with zero attached hydrogens (tertiary/aromatic N) is 1. The van der Waals surface area contributed by atoms with Crippen LogP contribution in [0, 0.1) is 6.92 Å². The van der Waals surface area contributed by atoms with Gasteiger partial charge >= 0.3 is 0 Å². The number of thiophene rings is 1. The highest BCUT2D eigenvalue weighted by molar-refractivity contribution is 7.98. The number of aryl methyl sites for hydroxylation is 1. The molecule has 5 nitrogen and oxygen atoms in total. The van der Waals surface area contributed by atoms with Crippen molar-refractivity contribution in [1.29, 1.82) is 0 Å². The number of hydrogen-bond acceptors (Lipinski definition) is 6. The number of hydrogen-bond donors (Lipinski definition) is 1. The van der Waals surface area contributed by atoms with Gasteiger partial charge in [-0.05, 0) is 42.5 Å². The van der Waals surface area contributed by atoms with Crippen molar-refractivity contribution in [2.45, 2.75) is 11.8 Å². The number of aromatic amines is 1. The molecule has 0 atom stereocenters. The summed E-state index contributed by atoms with van der Waals surface area (Å²) in [5.41, 5.74) is 1.03. The summed E-state index contributed by atoms with van der Waals surface area (Å²) in [7, 11) is 0. The summed E-state index contributed by atoms with van der Waals surface area (Å²) < 4.78 is 0. The molecule has 3 aromatic rings. The maximum atomic E-state index is 12.2. The van der Waals surface area contributed by atoms with E-state index in [-0.39, 0.29) is 10.4 Å². The summed E-state index contributed by atoms with van der Waals surface area (Å²) in [6.45, 7) is 1.59. The van der Waals surface area contributed by atoms with E-state index in [1.807, 2.05) is 36.6 Å². The lowest BCUT2D eigenvalue weighted by Crippen LogP contribution is -2.21. The number of H-pyrrole nitrogens is 1. The van der Waals surface area contributed by atoms with Gasteiger partial charge in [0, 0.05) is 4.90 Å². The molecule has 7 heteroatoms. The number of benzene rings is 1. The zero-order chi connectivity index (χ0) is 17.3. The van der Waals surface area contributed by atoms with E-state index in [2.05, 4.69) is 9.97 Å². The molecule has 1 N–H and O–H groups in total. The van der Waals surface area contributed by atoms with Crippen LogP contribution in [0.4, 0.5) is 0 Å². The molecule has 122 valence electrons. The van der Waals surface area contributed by atoms with Crippen LogP contribution >= 0.6 is 23.1 Å². The average molecular weight is 357 g/mol. The number of thioether (sulfide) groups is 1. The molecule has 0 radical (unpaired) electrons. The normalized spacial score (nSPS) is 11.4. The molecule has 24 heavy (non-hydrogen) atoms. The summed E-state index contributed by atoms with van der Waals surface area (Å²) >= 11 is 2.62. The molecule has 0 bridgehead atoms. The van der Waals surface area contributed by atoms with E-state index >= 15 is 0 Å². The fourth-order valence-corrected chi connectivity index (χ4v) is 3.76. The number of aromatic carboxylic acids is 1. The summed E-state index contributed by atoms with van der Waals surface area (Å²) in [4.78, 5) is 31.9. The summed E-state index contributed by atoms with van der Waals surface area (Å²) in [5.74, 6) is -0.909. The molecule has 0 aliphatic heterocycles. The minimum Gasteiger partial charge on any atom is -0.544 e. The van der Waals surface area contributed by atoms with Gasteiger partial charge in [-0.1, -0.05) is 18.2 Å². The second-order valence-corrected chi connectivity index (χ2v) is 6.96. The molecule has 0 amide bonds. The van der Waals surface area contributed by atoms with E-state index in [1.54, 1.807) is 24.8 Å². The average Bonchev–Trinajstić information content (AvgIpc) is 2.91. The summed E-state index contributed by atoms with van der Waals surface area (Å²) in [6.07, 6.45) is 5.55. The Balaban J connectivity index is 1.99. The molecule has 2 heterocycles. The van der Waals surface area contributed by atoms with Crippen molar-refractivity contribution in [1.82, 2.24) is 9.97 Å². The Morgan fingerprint density at radius 3 is 2.62 bits per heavy atom. The molecule has 0 fully saturated rings. The number of fused-ring (bicyclic) bond motifs is 1. The van der Waals surface area contributed by atoms with Crippen LogP contribution in [0.1, 0.15) is 26.6 Å². The van der Waals surface area contributed by atoms with Crippen molar-refractivity contribution in [2.24, 2.45) is 0 Å². The number of carboxylic acid groups (broad SMARTS) is 1. The van der Waals surface area contributed by atoms with Gasteiger partial charge < -0.3 is 14.9 Å². The Bertz CT molecular complexity index is 1000. The van der Waals surface area contributed by atoms with Gasteiger partial charge in [-0.2, -0.15) is 0 Å². The largest absolute Gasteiger partial charge is 0.544 e. The van der Waals surface area contributed by atoms with Crippen molar-refractivity contribution < 1.29 is 9.90 Å². The van der Waals surface area contributed by atoms with Gasteiger partial charge in [0.2, 0.25) is 0 Å². The minimum atomic E-state index is -1.29. The van der Waals surface area contributed by atoms with Crippen molar-refractivity contribution in [3.63, 3.8) is 0 Å². The predicted octanol–water partition coefficient (Wildman–Crippen LogP) is 2.55. The van der Waals surface area contributed by atoms with Crippen molar-refractivity contribution >= 4 is 51.4 Å². The van der Waals surface area contributed by atoms with Gasteiger partial charge in [0.25, 0.3) is 5.56 Å². The number of carboxylic acids is 1. The maximum absolute atomic E-state index is 12.2. The van der Waals surface area contributed by atoms with E-state index < -0.39 is 5.97 Å². The van der Waals surface area contributed by atoms with E-state index in [0.717, 1.165) is 16.9 Å². The first-order valence-electron chi connectivity index (χ1n) is 7.06. The first kappa shape index (κ1) is 16.5. The second kappa shape index (κ2) is 6.62. The Morgan fingerprint density at radius 2 is 2.00 bits per heavy atom. The van der Waals surface area contributed by atoms with Gasteiger partial charge in [-0.15, -0.1) is 23.1 Å². The third kappa shape index (κ3) is 3.13. The molecule has 0 aliphatic rings. The highest BCUT2D eigenvalue weighted by Gasteiger charge is 2.14. The molecule has 0 saturated carbocycles. The van der Waals surface area contributed by atoms with E-state index in [9.17, 15) is 14.7 Å². The molecule has 2 aromatic heterocycles. The predicted molar refractivity (Wildman–Crippen MR) is 96.5 cm³/mol. The van der Waals surface area contributed by atoms with E-state index in [4.69, 9.17) is 0 Å². The molecular formula is C17H13N2O3S2-. The topological polar surface area (TPSA) is 85.9 Å². The molecular weight excluding hydrogens is 344 g/mol. The van der Waals surface area contributed by atoms with Crippen LogP contribution in [-0.2, 0) is 0 Å². The van der Waals surface area contributed by atoms with E-state index in [1.165, 1.54) is 4.90 Å². The SMILES string of the molecule is CSc1ccc(/C=C/c2nc3sc(C(=O)[O-])c(C)c3c(=O)[nH]2)cc1. The Hall–Kier alpha value is -2.38. The second-order valence-electron chi connectivity index (χ2n) is 5.08. The third-order valence-electron chi connectivity index (χ3n) is 3.55. The molecule has 0 spiro atoms. The van der Waals surface area contributed by atoms with Crippen LogP contribution < -0.4 is 10.7 Å². The summed E-state index contributed by atoms with van der Waals surface area (Å²) in [5, 5.41) is 11.4. The van der Waals surface area contributed by atoms with Crippen LogP contribution in [0.5, 0.6) is 0 Å². The maximum Gasteiger partial charge on any atom is 0.260 e. The van der Waals surface area contributed by atoms with Gasteiger partial charge in [-0.25, -0.2) is 4.98 Å². The first-order chi connectivity index (χ1) is 11.5. The smallest absolute Gasteiger partial charge is 0.260 e. The Kier molecular flexibility index (Phi) is 4.55. The van der Waals surface area contributed by atoms with Crippen molar-refractivity contribution in [3.05, 3.63) is 56.4 Å². The monoisotopic (exact) mass is 357 g/mol. The molecule has 0 saturated heterocycles. The van der Waals surface area contributed by atoms with Crippen LogP contribution in [0.3, 0.4) is 0 Å².